The number of carbonyl (C=O) groups is 1. The summed E-state index contributed by atoms with van der Waals surface area (Å²) in [6, 6.07) is 11.8. The number of rotatable bonds is 6. The van der Waals surface area contributed by atoms with Crippen LogP contribution >= 0.6 is 11.6 Å². The normalized spacial score (nSPS) is 11.8. The van der Waals surface area contributed by atoms with Gasteiger partial charge in [0, 0.05) is 10.6 Å². The van der Waals surface area contributed by atoms with E-state index in [-0.39, 0.29) is 18.1 Å². The van der Waals surface area contributed by atoms with Crippen LogP contribution in [0.4, 0.5) is 10.1 Å². The molecule has 0 aliphatic carbocycles. The Bertz CT molecular complexity index is 694. The minimum atomic E-state index is -0.548. The molecule has 0 aliphatic rings. The van der Waals surface area contributed by atoms with Crippen molar-refractivity contribution in [2.45, 2.75) is 6.54 Å². The lowest BCUT2D eigenvalue weighted by Gasteiger charge is -2.16. The number of hydrogen-bond donors (Lipinski definition) is 2. The number of benzene rings is 2. The zero-order chi connectivity index (χ0) is 16.8. The van der Waals surface area contributed by atoms with Crippen molar-refractivity contribution in [3.8, 4) is 5.75 Å². The Balaban J connectivity index is 1.94. The fourth-order valence-corrected chi connectivity index (χ4v) is 2.45. The Morgan fingerprint density at radius 2 is 2.04 bits per heavy atom. The van der Waals surface area contributed by atoms with Crippen LogP contribution in [0.1, 0.15) is 5.56 Å². The Morgan fingerprint density at radius 1 is 1.30 bits per heavy atom. The molecule has 0 fully saturated rings. The van der Waals surface area contributed by atoms with Crippen molar-refractivity contribution in [2.24, 2.45) is 0 Å². The first kappa shape index (κ1) is 17.2. The van der Waals surface area contributed by atoms with Gasteiger partial charge in [-0.1, -0.05) is 23.7 Å². The molecule has 2 rings (SSSR count). The van der Waals surface area contributed by atoms with Gasteiger partial charge in [0.25, 0.3) is 5.91 Å². The van der Waals surface area contributed by atoms with Gasteiger partial charge in [0.15, 0.2) is 6.54 Å². The lowest BCUT2D eigenvalue weighted by molar-refractivity contribution is -0.885. The van der Waals surface area contributed by atoms with E-state index in [2.05, 4.69) is 5.32 Å². The summed E-state index contributed by atoms with van der Waals surface area (Å²) in [5, 5.41) is 2.85. The first-order chi connectivity index (χ1) is 11.0. The lowest BCUT2D eigenvalue weighted by Crippen LogP contribution is -3.08. The number of nitrogens with one attached hydrogen (secondary N) is 2. The Hall–Kier alpha value is -2.11. The fraction of sp³-hybridized carbons (Fsp3) is 0.235. The third-order valence-corrected chi connectivity index (χ3v) is 3.59. The maximum absolute atomic E-state index is 13.7. The van der Waals surface area contributed by atoms with Crippen molar-refractivity contribution in [3.05, 3.63) is 58.9 Å². The van der Waals surface area contributed by atoms with Gasteiger partial charge in [-0.05, 0) is 30.3 Å². The summed E-state index contributed by atoms with van der Waals surface area (Å²) in [5.41, 5.74) is 1.14. The van der Waals surface area contributed by atoms with Crippen LogP contribution in [0.25, 0.3) is 0 Å². The summed E-state index contributed by atoms with van der Waals surface area (Å²) in [6.07, 6.45) is 0. The quantitative estimate of drug-likeness (QED) is 0.848. The zero-order valence-electron chi connectivity index (χ0n) is 13.0. The van der Waals surface area contributed by atoms with Crippen LogP contribution in [0.15, 0.2) is 42.5 Å². The van der Waals surface area contributed by atoms with Crippen molar-refractivity contribution >= 4 is 23.2 Å². The van der Waals surface area contributed by atoms with Gasteiger partial charge in [-0.15, -0.1) is 0 Å². The first-order valence-electron chi connectivity index (χ1n) is 7.17. The molecule has 0 aromatic heterocycles. The smallest absolute Gasteiger partial charge is 0.279 e. The number of hydrogen-bond acceptors (Lipinski definition) is 2. The average molecular weight is 338 g/mol. The highest BCUT2D eigenvalue weighted by Crippen LogP contribution is 2.18. The van der Waals surface area contributed by atoms with Crippen molar-refractivity contribution in [1.29, 1.82) is 0 Å². The fourth-order valence-electron chi connectivity index (χ4n) is 2.30. The maximum Gasteiger partial charge on any atom is 0.279 e. The number of likely N-dealkylation sites (N-methyl/N-ethyl adjacent to an activating group) is 1. The lowest BCUT2D eigenvalue weighted by atomic mass is 10.2. The van der Waals surface area contributed by atoms with Crippen LogP contribution in [0, 0.1) is 5.82 Å². The molecule has 0 bridgehead atoms. The molecule has 0 saturated carbocycles. The number of ether oxygens (including phenoxy) is 1. The van der Waals surface area contributed by atoms with E-state index in [4.69, 9.17) is 16.3 Å². The number of halogens is 2. The van der Waals surface area contributed by atoms with E-state index < -0.39 is 5.82 Å². The topological polar surface area (TPSA) is 42.8 Å². The number of amides is 1. The van der Waals surface area contributed by atoms with Gasteiger partial charge < -0.3 is 15.0 Å². The summed E-state index contributed by atoms with van der Waals surface area (Å²) >= 11 is 5.69. The molecule has 0 spiro atoms. The standard InChI is InChI=1S/C17H18ClFN2O2/c1-21(10-12-5-3-4-6-16(12)23-2)11-17(22)20-15-8-7-13(18)9-14(15)19/h3-9H,10-11H2,1-2H3,(H,20,22)/p+1. The molecule has 2 N–H and O–H groups in total. The molecule has 1 amide bonds. The average Bonchev–Trinajstić information content (AvgIpc) is 2.50. The largest absolute Gasteiger partial charge is 0.496 e. The van der Waals surface area contributed by atoms with Crippen LogP contribution in [-0.4, -0.2) is 26.6 Å². The molecule has 4 nitrogen and oxygen atoms in total. The summed E-state index contributed by atoms with van der Waals surface area (Å²) < 4.78 is 19.0. The minimum Gasteiger partial charge on any atom is -0.496 e. The second-order valence-electron chi connectivity index (χ2n) is 5.29. The predicted molar refractivity (Wildman–Crippen MR) is 88.5 cm³/mol. The number of quaternary nitrogens is 1. The predicted octanol–water partition coefficient (Wildman–Crippen LogP) is 2.14. The van der Waals surface area contributed by atoms with Gasteiger partial charge in [0.2, 0.25) is 0 Å². The molecular weight excluding hydrogens is 319 g/mol. The van der Waals surface area contributed by atoms with Crippen molar-refractivity contribution in [1.82, 2.24) is 0 Å². The van der Waals surface area contributed by atoms with Crippen LogP contribution in [0.2, 0.25) is 5.02 Å². The summed E-state index contributed by atoms with van der Waals surface area (Å²) in [4.78, 5) is 13.0. The van der Waals surface area contributed by atoms with E-state index in [1.165, 1.54) is 18.2 Å². The SMILES string of the molecule is COc1ccccc1C[NH+](C)CC(=O)Nc1ccc(Cl)cc1F. The molecular formula is C17H19ClFN2O2+. The highest BCUT2D eigenvalue weighted by atomic mass is 35.5. The van der Waals surface area contributed by atoms with E-state index in [1.54, 1.807) is 7.11 Å². The highest BCUT2D eigenvalue weighted by Gasteiger charge is 2.14. The van der Waals surface area contributed by atoms with Gasteiger partial charge in [0.1, 0.15) is 18.1 Å². The Kier molecular flexibility index (Phi) is 5.96. The third kappa shape index (κ3) is 4.94. The molecule has 2 aromatic carbocycles. The molecule has 0 saturated heterocycles. The van der Waals surface area contributed by atoms with Gasteiger partial charge in [0.05, 0.1) is 19.8 Å². The van der Waals surface area contributed by atoms with E-state index in [9.17, 15) is 9.18 Å². The number of anilines is 1. The van der Waals surface area contributed by atoms with Crippen molar-refractivity contribution in [2.75, 3.05) is 26.0 Å². The zero-order valence-corrected chi connectivity index (χ0v) is 13.8. The van der Waals surface area contributed by atoms with E-state index in [1.807, 2.05) is 31.3 Å². The molecule has 23 heavy (non-hydrogen) atoms. The van der Waals surface area contributed by atoms with E-state index in [0.717, 1.165) is 16.2 Å². The second-order valence-corrected chi connectivity index (χ2v) is 5.73. The molecule has 2 aromatic rings. The summed E-state index contributed by atoms with van der Waals surface area (Å²) in [7, 11) is 3.51. The maximum atomic E-state index is 13.7. The van der Waals surface area contributed by atoms with E-state index >= 15 is 0 Å². The molecule has 6 heteroatoms. The summed E-state index contributed by atoms with van der Waals surface area (Å²) in [6.45, 7) is 0.834. The second kappa shape index (κ2) is 7.94. The van der Waals surface area contributed by atoms with E-state index in [0.29, 0.717) is 11.6 Å². The Labute approximate surface area is 139 Å². The van der Waals surface area contributed by atoms with Gasteiger partial charge >= 0.3 is 0 Å². The van der Waals surface area contributed by atoms with Crippen LogP contribution in [-0.2, 0) is 11.3 Å². The monoisotopic (exact) mass is 337 g/mol. The molecule has 0 radical (unpaired) electrons. The molecule has 1 atom stereocenters. The summed E-state index contributed by atoms with van der Waals surface area (Å²) in [5.74, 6) is -0.0251. The van der Waals surface area contributed by atoms with Gasteiger partial charge in [-0.2, -0.15) is 0 Å². The minimum absolute atomic E-state index is 0.129. The van der Waals surface area contributed by atoms with Gasteiger partial charge in [-0.25, -0.2) is 4.39 Å². The third-order valence-electron chi connectivity index (χ3n) is 3.35. The molecule has 1 unspecified atom stereocenters. The molecule has 122 valence electrons. The molecule has 0 heterocycles. The van der Waals surface area contributed by atoms with Crippen molar-refractivity contribution in [3.63, 3.8) is 0 Å². The first-order valence-corrected chi connectivity index (χ1v) is 7.55. The van der Waals surface area contributed by atoms with Gasteiger partial charge in [-0.3, -0.25) is 4.79 Å². The highest BCUT2D eigenvalue weighted by molar-refractivity contribution is 6.30. The van der Waals surface area contributed by atoms with Crippen LogP contribution in [0.5, 0.6) is 5.75 Å². The number of para-hydroxylation sites is 1. The van der Waals surface area contributed by atoms with Crippen LogP contribution < -0.4 is 15.0 Å². The number of carbonyl (C=O) groups excluding carboxylic acids is 1. The number of methoxy groups -OCH3 is 1. The Morgan fingerprint density at radius 3 is 2.74 bits per heavy atom. The molecule has 0 aliphatic heterocycles. The van der Waals surface area contributed by atoms with Crippen LogP contribution in [0.3, 0.4) is 0 Å². The van der Waals surface area contributed by atoms with Crippen molar-refractivity contribution < 1.29 is 18.8 Å².